The zero-order valence-electron chi connectivity index (χ0n) is 16.6. The Morgan fingerprint density at radius 1 is 0.967 bits per heavy atom. The highest BCUT2D eigenvalue weighted by molar-refractivity contribution is 7.92. The molecule has 0 saturated heterocycles. The molecule has 10 nitrogen and oxygen atoms in total. The topological polar surface area (TPSA) is 140 Å². The molecule has 0 saturated carbocycles. The summed E-state index contributed by atoms with van der Waals surface area (Å²) in [6.45, 7) is 0.248. The standard InChI is InChI=1S/C18H23N3O7S2/c1-27-11-10-19-30(25,26)17-12-13(4-9-16(17)28-2)18(22)20-14-5-7-15(8-6-14)21-29(3,23)24/h4-9,12,19,21H,10-11H2,1-3H3,(H,20,22). The van der Waals surface area contributed by atoms with E-state index in [0.717, 1.165) is 6.26 Å². The second-order valence-electron chi connectivity index (χ2n) is 6.16. The van der Waals surface area contributed by atoms with Crippen LogP contribution in [0.2, 0.25) is 0 Å². The fourth-order valence-corrected chi connectivity index (χ4v) is 4.19. The smallest absolute Gasteiger partial charge is 0.255 e. The highest BCUT2D eigenvalue weighted by Crippen LogP contribution is 2.25. The lowest BCUT2D eigenvalue weighted by atomic mass is 10.2. The molecule has 30 heavy (non-hydrogen) atoms. The number of rotatable bonds is 10. The van der Waals surface area contributed by atoms with Gasteiger partial charge < -0.3 is 14.8 Å². The van der Waals surface area contributed by atoms with Gasteiger partial charge in [0, 0.05) is 30.6 Å². The van der Waals surface area contributed by atoms with Crippen molar-refractivity contribution in [3.05, 3.63) is 48.0 Å². The van der Waals surface area contributed by atoms with E-state index in [-0.39, 0.29) is 29.4 Å². The van der Waals surface area contributed by atoms with E-state index in [2.05, 4.69) is 14.8 Å². The SMILES string of the molecule is COCCNS(=O)(=O)c1cc(C(=O)Nc2ccc(NS(C)(=O)=O)cc2)ccc1OC. The number of hydrogen-bond acceptors (Lipinski definition) is 7. The van der Waals surface area contributed by atoms with Crippen molar-refractivity contribution in [1.82, 2.24) is 4.72 Å². The maximum atomic E-state index is 12.6. The number of carbonyl (C=O) groups excluding carboxylic acids is 1. The maximum Gasteiger partial charge on any atom is 0.255 e. The average molecular weight is 458 g/mol. The van der Waals surface area contributed by atoms with E-state index in [1.54, 1.807) is 0 Å². The van der Waals surface area contributed by atoms with Gasteiger partial charge in [-0.05, 0) is 42.5 Å². The molecule has 0 aliphatic rings. The molecule has 2 aromatic carbocycles. The zero-order chi connectivity index (χ0) is 22.4. The molecule has 1 amide bonds. The summed E-state index contributed by atoms with van der Waals surface area (Å²) in [6, 6.07) is 10.0. The van der Waals surface area contributed by atoms with E-state index in [1.165, 1.54) is 56.7 Å². The van der Waals surface area contributed by atoms with Crippen LogP contribution in [0.4, 0.5) is 11.4 Å². The van der Waals surface area contributed by atoms with E-state index < -0.39 is 26.0 Å². The van der Waals surface area contributed by atoms with Crippen LogP contribution in [0.15, 0.2) is 47.4 Å². The van der Waals surface area contributed by atoms with Crippen molar-refractivity contribution in [1.29, 1.82) is 0 Å². The summed E-state index contributed by atoms with van der Waals surface area (Å²) >= 11 is 0. The fraction of sp³-hybridized carbons (Fsp3) is 0.278. The van der Waals surface area contributed by atoms with Crippen LogP contribution in [0.5, 0.6) is 5.75 Å². The molecule has 2 rings (SSSR count). The maximum absolute atomic E-state index is 12.6. The fourth-order valence-electron chi connectivity index (χ4n) is 2.42. The summed E-state index contributed by atoms with van der Waals surface area (Å²) in [7, 11) is -4.56. The summed E-state index contributed by atoms with van der Waals surface area (Å²) in [5.74, 6) is -0.456. The minimum absolute atomic E-state index is 0.0618. The predicted molar refractivity (Wildman–Crippen MR) is 113 cm³/mol. The van der Waals surface area contributed by atoms with E-state index >= 15 is 0 Å². The van der Waals surface area contributed by atoms with Crippen molar-refractivity contribution >= 4 is 37.3 Å². The quantitative estimate of drug-likeness (QED) is 0.456. The number of amides is 1. The minimum atomic E-state index is -3.93. The van der Waals surface area contributed by atoms with Crippen LogP contribution in [-0.4, -0.2) is 56.4 Å². The summed E-state index contributed by atoms with van der Waals surface area (Å²) in [5, 5.41) is 2.62. The van der Waals surface area contributed by atoms with Crippen molar-refractivity contribution in [2.24, 2.45) is 0 Å². The predicted octanol–water partition coefficient (Wildman–Crippen LogP) is 1.24. The lowest BCUT2D eigenvalue weighted by Crippen LogP contribution is -2.28. The highest BCUT2D eigenvalue weighted by atomic mass is 32.2. The monoisotopic (exact) mass is 457 g/mol. The number of carbonyl (C=O) groups is 1. The van der Waals surface area contributed by atoms with E-state index in [0.29, 0.717) is 11.4 Å². The lowest BCUT2D eigenvalue weighted by molar-refractivity contribution is 0.102. The van der Waals surface area contributed by atoms with Crippen molar-refractivity contribution in [3.8, 4) is 5.75 Å². The Hall–Kier alpha value is -2.67. The molecule has 12 heteroatoms. The van der Waals surface area contributed by atoms with Gasteiger partial charge in [0.15, 0.2) is 0 Å². The summed E-state index contributed by atoms with van der Waals surface area (Å²) in [5.41, 5.74) is 0.842. The number of hydrogen-bond donors (Lipinski definition) is 3. The van der Waals surface area contributed by atoms with Gasteiger partial charge in [0.2, 0.25) is 20.0 Å². The van der Waals surface area contributed by atoms with Crippen LogP contribution in [0.3, 0.4) is 0 Å². The second-order valence-corrected chi connectivity index (χ2v) is 9.65. The van der Waals surface area contributed by atoms with Gasteiger partial charge in [-0.1, -0.05) is 0 Å². The number of nitrogens with one attached hydrogen (secondary N) is 3. The Labute approximate surface area is 175 Å². The Bertz CT molecular complexity index is 1100. The van der Waals surface area contributed by atoms with Gasteiger partial charge in [-0.3, -0.25) is 9.52 Å². The first-order chi connectivity index (χ1) is 14.1. The first-order valence-electron chi connectivity index (χ1n) is 8.61. The summed E-state index contributed by atoms with van der Waals surface area (Å²) in [6.07, 6.45) is 1.03. The van der Waals surface area contributed by atoms with E-state index in [9.17, 15) is 21.6 Å². The molecule has 0 aliphatic heterocycles. The van der Waals surface area contributed by atoms with Gasteiger partial charge in [0.05, 0.1) is 20.0 Å². The Morgan fingerprint density at radius 3 is 2.17 bits per heavy atom. The van der Waals surface area contributed by atoms with Crippen molar-refractivity contribution in [2.75, 3.05) is 43.7 Å². The first kappa shape index (κ1) is 23.6. The molecule has 2 aromatic rings. The normalized spacial score (nSPS) is 11.7. The molecular weight excluding hydrogens is 434 g/mol. The van der Waals surface area contributed by atoms with Gasteiger partial charge in [-0.15, -0.1) is 0 Å². The molecular formula is C18H23N3O7S2. The summed E-state index contributed by atoms with van der Waals surface area (Å²) in [4.78, 5) is 12.4. The van der Waals surface area contributed by atoms with Gasteiger partial charge in [0.1, 0.15) is 10.6 Å². The number of ether oxygens (including phenoxy) is 2. The van der Waals surface area contributed by atoms with Gasteiger partial charge in [-0.2, -0.15) is 0 Å². The number of benzene rings is 2. The summed E-state index contributed by atoms with van der Waals surface area (Å²) < 4.78 is 62.2. The molecule has 0 bridgehead atoms. The number of anilines is 2. The minimum Gasteiger partial charge on any atom is -0.495 e. The molecule has 0 atom stereocenters. The van der Waals surface area contributed by atoms with Crippen molar-refractivity contribution < 1.29 is 31.1 Å². The van der Waals surface area contributed by atoms with Gasteiger partial charge in [0.25, 0.3) is 5.91 Å². The Morgan fingerprint density at radius 2 is 1.60 bits per heavy atom. The molecule has 0 aliphatic carbocycles. The number of sulfonamides is 2. The van der Waals surface area contributed by atoms with Crippen molar-refractivity contribution in [3.63, 3.8) is 0 Å². The van der Waals surface area contributed by atoms with E-state index in [4.69, 9.17) is 9.47 Å². The largest absolute Gasteiger partial charge is 0.495 e. The van der Waals surface area contributed by atoms with Gasteiger partial charge >= 0.3 is 0 Å². The van der Waals surface area contributed by atoms with Crippen LogP contribution in [0.1, 0.15) is 10.4 Å². The van der Waals surface area contributed by atoms with Crippen LogP contribution in [0, 0.1) is 0 Å². The third-order valence-electron chi connectivity index (χ3n) is 3.76. The molecule has 0 unspecified atom stereocenters. The number of methoxy groups -OCH3 is 2. The third kappa shape index (κ3) is 6.69. The Balaban J connectivity index is 2.22. The first-order valence-corrected chi connectivity index (χ1v) is 12.0. The van der Waals surface area contributed by atoms with Crippen LogP contribution >= 0.6 is 0 Å². The Kier molecular flexibility index (Phi) is 7.78. The molecule has 0 heterocycles. The molecule has 0 aromatic heterocycles. The van der Waals surface area contributed by atoms with Gasteiger partial charge in [-0.25, -0.2) is 21.6 Å². The van der Waals surface area contributed by atoms with Crippen LogP contribution < -0.4 is 19.5 Å². The lowest BCUT2D eigenvalue weighted by Gasteiger charge is -2.13. The van der Waals surface area contributed by atoms with Crippen LogP contribution in [0.25, 0.3) is 0 Å². The molecule has 0 fully saturated rings. The highest BCUT2D eigenvalue weighted by Gasteiger charge is 2.21. The van der Waals surface area contributed by atoms with Crippen LogP contribution in [-0.2, 0) is 24.8 Å². The zero-order valence-corrected chi connectivity index (χ0v) is 18.3. The average Bonchev–Trinajstić information content (AvgIpc) is 2.68. The second kappa shape index (κ2) is 9.89. The molecule has 0 spiro atoms. The van der Waals surface area contributed by atoms with E-state index in [1.807, 2.05) is 0 Å². The molecule has 164 valence electrons. The third-order valence-corrected chi connectivity index (χ3v) is 5.85. The molecule has 0 radical (unpaired) electrons. The molecule has 3 N–H and O–H groups in total. The van der Waals surface area contributed by atoms with Crippen molar-refractivity contribution in [2.45, 2.75) is 4.90 Å².